The largest absolute Gasteiger partial charge is 0.398 e. The molecular weight excluding hydrogens is 146 g/mol. The summed E-state index contributed by atoms with van der Waals surface area (Å²) >= 11 is 0. The Morgan fingerprint density at radius 3 is 2.25 bits per heavy atom. The summed E-state index contributed by atoms with van der Waals surface area (Å²) in [6.07, 6.45) is 2.39. The monoisotopic (exact) mass is 159 g/mol. The summed E-state index contributed by atoms with van der Waals surface area (Å²) in [6.45, 7) is 2.09. The van der Waals surface area contributed by atoms with Gasteiger partial charge < -0.3 is 5.73 Å². The minimum atomic E-state index is 0.995. The van der Waals surface area contributed by atoms with Gasteiger partial charge in [0.1, 0.15) is 0 Å². The van der Waals surface area contributed by atoms with Crippen LogP contribution in [0.25, 0.3) is 5.70 Å². The van der Waals surface area contributed by atoms with Crippen molar-refractivity contribution in [3.05, 3.63) is 41.0 Å². The highest BCUT2D eigenvalue weighted by molar-refractivity contribution is 5.68. The Bertz CT molecular complexity index is 313. The molecule has 0 atom stereocenters. The highest BCUT2D eigenvalue weighted by Gasteiger charge is 2.16. The van der Waals surface area contributed by atoms with Crippen molar-refractivity contribution in [1.29, 1.82) is 0 Å². The van der Waals surface area contributed by atoms with Crippen LogP contribution in [0.4, 0.5) is 0 Å². The topological polar surface area (TPSA) is 26.0 Å². The van der Waals surface area contributed by atoms with Crippen molar-refractivity contribution in [2.45, 2.75) is 19.8 Å². The van der Waals surface area contributed by atoms with Crippen LogP contribution in [0.5, 0.6) is 0 Å². The fourth-order valence-electron chi connectivity index (χ4n) is 1.27. The zero-order chi connectivity index (χ0) is 8.55. The van der Waals surface area contributed by atoms with E-state index in [1.807, 2.05) is 0 Å². The summed E-state index contributed by atoms with van der Waals surface area (Å²) in [5.74, 6) is 0. The molecule has 0 radical (unpaired) electrons. The van der Waals surface area contributed by atoms with Crippen LogP contribution >= 0.6 is 0 Å². The summed E-state index contributed by atoms with van der Waals surface area (Å²) in [6, 6.07) is 8.39. The van der Waals surface area contributed by atoms with Gasteiger partial charge in [-0.15, -0.1) is 0 Å². The van der Waals surface area contributed by atoms with E-state index < -0.39 is 0 Å². The maximum absolute atomic E-state index is 5.93. The van der Waals surface area contributed by atoms with E-state index in [2.05, 4.69) is 31.2 Å². The molecule has 1 nitrogen and oxygen atoms in total. The third-order valence-electron chi connectivity index (χ3n) is 2.24. The Balaban J connectivity index is 2.35. The van der Waals surface area contributed by atoms with Gasteiger partial charge in [0.05, 0.1) is 0 Å². The highest BCUT2D eigenvalue weighted by Crippen LogP contribution is 2.33. The zero-order valence-electron chi connectivity index (χ0n) is 7.30. The van der Waals surface area contributed by atoms with Gasteiger partial charge in [-0.25, -0.2) is 0 Å². The molecule has 0 amide bonds. The van der Waals surface area contributed by atoms with Gasteiger partial charge in [-0.05, 0) is 30.9 Å². The van der Waals surface area contributed by atoms with E-state index in [0.717, 1.165) is 5.70 Å². The van der Waals surface area contributed by atoms with Crippen molar-refractivity contribution in [2.75, 3.05) is 0 Å². The molecule has 0 aromatic heterocycles. The lowest BCUT2D eigenvalue weighted by Crippen LogP contribution is -1.95. The van der Waals surface area contributed by atoms with Crippen molar-refractivity contribution in [3.63, 3.8) is 0 Å². The van der Waals surface area contributed by atoms with Crippen LogP contribution in [-0.4, -0.2) is 0 Å². The van der Waals surface area contributed by atoms with Crippen LogP contribution in [0.1, 0.15) is 24.0 Å². The first-order valence-electron chi connectivity index (χ1n) is 4.32. The zero-order valence-corrected chi connectivity index (χ0v) is 7.30. The summed E-state index contributed by atoms with van der Waals surface area (Å²) in [7, 11) is 0. The van der Waals surface area contributed by atoms with E-state index in [1.54, 1.807) is 0 Å². The summed E-state index contributed by atoms with van der Waals surface area (Å²) < 4.78 is 0. The molecule has 0 unspecified atom stereocenters. The molecule has 1 saturated carbocycles. The number of aryl methyl sites for hydroxylation is 1. The van der Waals surface area contributed by atoms with Gasteiger partial charge >= 0.3 is 0 Å². The fourth-order valence-corrected chi connectivity index (χ4v) is 1.27. The maximum atomic E-state index is 5.93. The van der Waals surface area contributed by atoms with Gasteiger partial charge in [0.15, 0.2) is 0 Å². The van der Waals surface area contributed by atoms with Crippen LogP contribution in [0.15, 0.2) is 29.8 Å². The summed E-state index contributed by atoms with van der Waals surface area (Å²) in [5.41, 5.74) is 10.8. The second-order valence-corrected chi connectivity index (χ2v) is 3.38. The molecule has 1 aromatic carbocycles. The Labute approximate surface area is 72.9 Å². The quantitative estimate of drug-likeness (QED) is 0.669. The molecular formula is C11H13N. The normalized spacial score (nSPS) is 14.6. The van der Waals surface area contributed by atoms with Crippen molar-refractivity contribution >= 4 is 5.70 Å². The molecule has 0 aliphatic heterocycles. The molecule has 0 heterocycles. The van der Waals surface area contributed by atoms with Gasteiger partial charge in [-0.3, -0.25) is 0 Å². The standard InChI is InChI=1S/C11H13N/c1-8-2-4-9(5-3-8)11(12)10-6-7-10/h2-5H,6-7,12H2,1H3. The van der Waals surface area contributed by atoms with E-state index >= 15 is 0 Å². The lowest BCUT2D eigenvalue weighted by molar-refractivity contribution is 1.42. The number of benzene rings is 1. The van der Waals surface area contributed by atoms with Crippen LogP contribution < -0.4 is 5.73 Å². The molecule has 1 aromatic rings. The smallest absolute Gasteiger partial charge is 0.0379 e. The van der Waals surface area contributed by atoms with Gasteiger partial charge in [-0.2, -0.15) is 0 Å². The van der Waals surface area contributed by atoms with Crippen LogP contribution in [0.2, 0.25) is 0 Å². The summed E-state index contributed by atoms with van der Waals surface area (Å²) in [4.78, 5) is 0. The van der Waals surface area contributed by atoms with Crippen LogP contribution in [-0.2, 0) is 0 Å². The Hall–Kier alpha value is -1.24. The molecule has 1 aliphatic rings. The molecule has 1 fully saturated rings. The van der Waals surface area contributed by atoms with Crippen LogP contribution in [0, 0.1) is 6.92 Å². The molecule has 62 valence electrons. The molecule has 12 heavy (non-hydrogen) atoms. The van der Waals surface area contributed by atoms with Crippen molar-refractivity contribution in [1.82, 2.24) is 0 Å². The van der Waals surface area contributed by atoms with E-state index in [1.165, 1.54) is 29.5 Å². The Morgan fingerprint density at radius 1 is 1.17 bits per heavy atom. The molecule has 0 bridgehead atoms. The second kappa shape index (κ2) is 2.67. The van der Waals surface area contributed by atoms with Gasteiger partial charge in [0.25, 0.3) is 0 Å². The van der Waals surface area contributed by atoms with Gasteiger partial charge in [0.2, 0.25) is 0 Å². The predicted octanol–water partition coefficient (Wildman–Crippen LogP) is 2.46. The predicted molar refractivity (Wildman–Crippen MR) is 51.5 cm³/mol. The first-order valence-corrected chi connectivity index (χ1v) is 4.32. The van der Waals surface area contributed by atoms with Crippen molar-refractivity contribution in [2.24, 2.45) is 5.73 Å². The Kier molecular flexibility index (Phi) is 1.65. The highest BCUT2D eigenvalue weighted by atomic mass is 14.6. The number of hydrogen-bond acceptors (Lipinski definition) is 1. The molecule has 0 spiro atoms. The molecule has 1 aliphatic carbocycles. The van der Waals surface area contributed by atoms with Crippen LogP contribution in [0.3, 0.4) is 0 Å². The average Bonchev–Trinajstić information content (AvgIpc) is 2.87. The van der Waals surface area contributed by atoms with Gasteiger partial charge in [0, 0.05) is 5.70 Å². The first-order chi connectivity index (χ1) is 5.77. The first kappa shape index (κ1) is 7.41. The maximum Gasteiger partial charge on any atom is 0.0379 e. The second-order valence-electron chi connectivity index (χ2n) is 3.38. The number of hydrogen-bond donors (Lipinski definition) is 1. The average molecular weight is 159 g/mol. The minimum absolute atomic E-state index is 0.995. The number of nitrogens with two attached hydrogens (primary N) is 1. The fraction of sp³-hybridized carbons (Fsp3) is 0.273. The Morgan fingerprint density at radius 2 is 1.75 bits per heavy atom. The number of allylic oxidation sites excluding steroid dienone is 1. The SMILES string of the molecule is Cc1ccc(C(N)=C2CC2)cc1. The third kappa shape index (κ3) is 1.35. The van der Waals surface area contributed by atoms with E-state index in [9.17, 15) is 0 Å². The lowest BCUT2D eigenvalue weighted by Gasteiger charge is -2.00. The van der Waals surface area contributed by atoms with Crippen molar-refractivity contribution in [3.8, 4) is 0 Å². The lowest BCUT2D eigenvalue weighted by atomic mass is 10.1. The van der Waals surface area contributed by atoms with E-state index in [-0.39, 0.29) is 0 Å². The van der Waals surface area contributed by atoms with E-state index in [4.69, 9.17) is 5.73 Å². The van der Waals surface area contributed by atoms with Gasteiger partial charge in [-0.1, -0.05) is 29.8 Å². The molecule has 2 N–H and O–H groups in total. The van der Waals surface area contributed by atoms with E-state index in [0.29, 0.717) is 0 Å². The molecule has 1 heteroatoms. The summed E-state index contributed by atoms with van der Waals surface area (Å²) in [5, 5.41) is 0. The molecule has 0 saturated heterocycles. The minimum Gasteiger partial charge on any atom is -0.398 e. The number of rotatable bonds is 1. The molecule has 2 rings (SSSR count). The van der Waals surface area contributed by atoms with Crippen molar-refractivity contribution < 1.29 is 0 Å². The third-order valence-corrected chi connectivity index (χ3v) is 2.24.